The van der Waals surface area contributed by atoms with Crippen LogP contribution < -0.4 is 10.2 Å². The molecule has 7 nitrogen and oxygen atoms in total. The quantitative estimate of drug-likeness (QED) is 0.612. The van der Waals surface area contributed by atoms with E-state index in [2.05, 4.69) is 27.5 Å². The van der Waals surface area contributed by atoms with Crippen LogP contribution in [0, 0.1) is 5.92 Å². The molecule has 4 rings (SSSR count). The molecule has 3 aromatic heterocycles. The monoisotopic (exact) mass is 393 g/mol. The van der Waals surface area contributed by atoms with Crippen molar-refractivity contribution in [2.24, 2.45) is 5.92 Å². The summed E-state index contributed by atoms with van der Waals surface area (Å²) in [6.07, 6.45) is 10.2. The SMILES string of the molecule is CN(C)c1cnc(Cc2cn3cc(CNCC4CCC4)ccc3n2)c(C(=O)O)c1. The van der Waals surface area contributed by atoms with Gasteiger partial charge < -0.3 is 19.7 Å². The molecule has 3 heterocycles. The molecule has 152 valence electrons. The van der Waals surface area contributed by atoms with Gasteiger partial charge in [0.15, 0.2) is 0 Å². The molecule has 0 aliphatic heterocycles. The molecule has 0 unspecified atom stereocenters. The number of aromatic nitrogens is 3. The van der Waals surface area contributed by atoms with Gasteiger partial charge in [-0.15, -0.1) is 0 Å². The van der Waals surface area contributed by atoms with Gasteiger partial charge >= 0.3 is 5.97 Å². The standard InChI is InChI=1S/C22H27N5O2/c1-26(2)18-9-19(22(28)29)20(24-12-18)8-17-14-27-13-16(6-7-21(27)25-17)11-23-10-15-4-3-5-15/h6-7,9,12-15,23H,3-5,8,10-11H2,1-2H3,(H,28,29). The average molecular weight is 393 g/mol. The van der Waals surface area contributed by atoms with Crippen molar-refractivity contribution in [3.63, 3.8) is 0 Å². The number of hydrogen-bond donors (Lipinski definition) is 2. The summed E-state index contributed by atoms with van der Waals surface area (Å²) >= 11 is 0. The van der Waals surface area contributed by atoms with Gasteiger partial charge in [0.25, 0.3) is 0 Å². The summed E-state index contributed by atoms with van der Waals surface area (Å²) in [6.45, 7) is 1.93. The molecule has 1 aliphatic rings. The highest BCUT2D eigenvalue weighted by atomic mass is 16.4. The topological polar surface area (TPSA) is 82.8 Å². The lowest BCUT2D eigenvalue weighted by Gasteiger charge is -2.25. The summed E-state index contributed by atoms with van der Waals surface area (Å²) in [7, 11) is 3.73. The molecule has 1 aliphatic carbocycles. The summed E-state index contributed by atoms with van der Waals surface area (Å²) in [5.41, 5.74) is 4.37. The average Bonchev–Trinajstić information content (AvgIpc) is 3.05. The number of imidazole rings is 1. The Labute approximate surface area is 170 Å². The summed E-state index contributed by atoms with van der Waals surface area (Å²) < 4.78 is 2.00. The van der Waals surface area contributed by atoms with Crippen LogP contribution in [0.2, 0.25) is 0 Å². The van der Waals surface area contributed by atoms with Gasteiger partial charge in [-0.3, -0.25) is 4.98 Å². The highest BCUT2D eigenvalue weighted by molar-refractivity contribution is 5.90. The minimum atomic E-state index is -0.972. The molecule has 1 saturated carbocycles. The fourth-order valence-electron chi connectivity index (χ4n) is 3.62. The zero-order chi connectivity index (χ0) is 20.4. The zero-order valence-electron chi connectivity index (χ0n) is 16.9. The number of hydrogen-bond acceptors (Lipinski definition) is 5. The van der Waals surface area contributed by atoms with Crippen LogP contribution in [0.1, 0.15) is 46.6 Å². The first-order valence-electron chi connectivity index (χ1n) is 10.1. The van der Waals surface area contributed by atoms with E-state index in [0.29, 0.717) is 12.1 Å². The molecule has 0 aromatic carbocycles. The Kier molecular flexibility index (Phi) is 5.49. The predicted octanol–water partition coefficient (Wildman–Crippen LogP) is 2.97. The van der Waals surface area contributed by atoms with E-state index in [0.717, 1.165) is 36.0 Å². The second-order valence-electron chi connectivity index (χ2n) is 8.03. The largest absolute Gasteiger partial charge is 0.478 e. The van der Waals surface area contributed by atoms with E-state index in [1.807, 2.05) is 35.7 Å². The van der Waals surface area contributed by atoms with Crippen LogP contribution in [0.5, 0.6) is 0 Å². The van der Waals surface area contributed by atoms with Crippen molar-refractivity contribution in [2.75, 3.05) is 25.5 Å². The fourth-order valence-corrected chi connectivity index (χ4v) is 3.62. The minimum Gasteiger partial charge on any atom is -0.478 e. The van der Waals surface area contributed by atoms with E-state index in [4.69, 9.17) is 0 Å². The molecule has 3 aromatic rings. The van der Waals surface area contributed by atoms with Gasteiger partial charge in [0.2, 0.25) is 0 Å². The highest BCUT2D eigenvalue weighted by Gasteiger charge is 2.17. The molecule has 0 saturated heterocycles. The number of carboxylic acid groups (broad SMARTS) is 1. The number of pyridine rings is 2. The maximum atomic E-state index is 11.7. The molecule has 0 atom stereocenters. The van der Waals surface area contributed by atoms with Crippen molar-refractivity contribution >= 4 is 17.3 Å². The highest BCUT2D eigenvalue weighted by Crippen LogP contribution is 2.25. The van der Waals surface area contributed by atoms with Crippen molar-refractivity contribution in [1.29, 1.82) is 0 Å². The molecule has 1 fully saturated rings. The summed E-state index contributed by atoms with van der Waals surface area (Å²) in [4.78, 5) is 22.6. The number of nitrogens with zero attached hydrogens (tertiary/aromatic N) is 4. The van der Waals surface area contributed by atoms with E-state index in [1.165, 1.54) is 24.8 Å². The van der Waals surface area contributed by atoms with Gasteiger partial charge in [-0.25, -0.2) is 9.78 Å². The first-order valence-corrected chi connectivity index (χ1v) is 10.1. The van der Waals surface area contributed by atoms with E-state index in [-0.39, 0.29) is 5.56 Å². The second-order valence-corrected chi connectivity index (χ2v) is 8.03. The molecule has 29 heavy (non-hydrogen) atoms. The molecule has 0 spiro atoms. The third-order valence-electron chi connectivity index (χ3n) is 5.60. The Balaban J connectivity index is 1.50. The van der Waals surface area contributed by atoms with Crippen LogP contribution in [0.15, 0.2) is 36.8 Å². The number of carbonyl (C=O) groups is 1. The first kappa shape index (κ1) is 19.4. The number of carboxylic acids is 1. The fraction of sp³-hybridized carbons (Fsp3) is 0.409. The molecule has 0 radical (unpaired) electrons. The van der Waals surface area contributed by atoms with Crippen LogP contribution >= 0.6 is 0 Å². The van der Waals surface area contributed by atoms with Crippen LogP contribution in [0.3, 0.4) is 0 Å². The van der Waals surface area contributed by atoms with E-state index in [9.17, 15) is 9.90 Å². The maximum Gasteiger partial charge on any atom is 0.337 e. The number of anilines is 1. The smallest absolute Gasteiger partial charge is 0.337 e. The normalized spacial score (nSPS) is 14.1. The third-order valence-corrected chi connectivity index (χ3v) is 5.60. The van der Waals surface area contributed by atoms with Crippen molar-refractivity contribution in [3.8, 4) is 0 Å². The van der Waals surface area contributed by atoms with E-state index in [1.54, 1.807) is 12.3 Å². The molecule has 0 amide bonds. The van der Waals surface area contributed by atoms with Gasteiger partial charge in [0.1, 0.15) is 5.65 Å². The number of aromatic carboxylic acids is 1. The van der Waals surface area contributed by atoms with Crippen LogP contribution in [0.4, 0.5) is 5.69 Å². The minimum absolute atomic E-state index is 0.217. The van der Waals surface area contributed by atoms with Crippen molar-refractivity contribution in [1.82, 2.24) is 19.7 Å². The Morgan fingerprint density at radius 1 is 1.31 bits per heavy atom. The third kappa shape index (κ3) is 4.40. The summed E-state index contributed by atoms with van der Waals surface area (Å²) in [5, 5.41) is 13.1. The first-order chi connectivity index (χ1) is 14.0. The van der Waals surface area contributed by atoms with E-state index >= 15 is 0 Å². The van der Waals surface area contributed by atoms with Gasteiger partial charge in [0, 0.05) is 39.5 Å². The molecule has 7 heteroatoms. The van der Waals surface area contributed by atoms with Gasteiger partial charge in [-0.1, -0.05) is 12.5 Å². The lowest BCUT2D eigenvalue weighted by molar-refractivity contribution is 0.0695. The molecular formula is C22H27N5O2. The van der Waals surface area contributed by atoms with Gasteiger partial charge in [-0.05, 0) is 43.0 Å². The van der Waals surface area contributed by atoms with Crippen LogP contribution in [0.25, 0.3) is 5.65 Å². The van der Waals surface area contributed by atoms with E-state index < -0.39 is 5.97 Å². The van der Waals surface area contributed by atoms with Gasteiger partial charge in [0.05, 0.1) is 28.8 Å². The zero-order valence-corrected chi connectivity index (χ0v) is 16.9. The lowest BCUT2D eigenvalue weighted by atomic mass is 9.85. The Hall–Kier alpha value is -2.93. The lowest BCUT2D eigenvalue weighted by Crippen LogP contribution is -2.26. The predicted molar refractivity (Wildman–Crippen MR) is 113 cm³/mol. The molecular weight excluding hydrogens is 366 g/mol. The number of nitrogens with one attached hydrogen (secondary N) is 1. The second kappa shape index (κ2) is 8.21. The van der Waals surface area contributed by atoms with Crippen LogP contribution in [-0.4, -0.2) is 46.1 Å². The van der Waals surface area contributed by atoms with Crippen molar-refractivity contribution in [3.05, 3.63) is 59.3 Å². The molecule has 2 N–H and O–H groups in total. The molecule has 0 bridgehead atoms. The van der Waals surface area contributed by atoms with Gasteiger partial charge in [-0.2, -0.15) is 0 Å². The summed E-state index contributed by atoms with van der Waals surface area (Å²) in [6, 6.07) is 5.75. The number of rotatable bonds is 8. The van der Waals surface area contributed by atoms with Crippen LogP contribution in [-0.2, 0) is 13.0 Å². The van der Waals surface area contributed by atoms with Crippen molar-refractivity contribution < 1.29 is 9.90 Å². The Morgan fingerprint density at radius 3 is 2.83 bits per heavy atom. The maximum absolute atomic E-state index is 11.7. The Morgan fingerprint density at radius 2 is 2.14 bits per heavy atom. The Bertz CT molecular complexity index is 1020. The number of fused-ring (bicyclic) bond motifs is 1. The summed E-state index contributed by atoms with van der Waals surface area (Å²) in [5.74, 6) is -0.131. The van der Waals surface area contributed by atoms with Crippen molar-refractivity contribution in [2.45, 2.75) is 32.2 Å².